The normalized spacial score (nSPS) is 12.2. The van der Waals surface area contributed by atoms with E-state index in [9.17, 15) is 4.79 Å². The molecule has 0 saturated carbocycles. The molecule has 3 heteroatoms. The Labute approximate surface area is 110 Å². The molecule has 1 atom stereocenters. The van der Waals surface area contributed by atoms with Gasteiger partial charge >= 0.3 is 0 Å². The molecule has 0 spiro atoms. The molecule has 0 saturated heterocycles. The molecule has 0 amide bonds. The fourth-order valence-corrected chi connectivity index (χ4v) is 1.83. The van der Waals surface area contributed by atoms with Gasteiger partial charge in [-0.2, -0.15) is 0 Å². The largest absolute Gasteiger partial charge is 0.294 e. The van der Waals surface area contributed by atoms with Crippen LogP contribution in [-0.4, -0.2) is 12.4 Å². The van der Waals surface area contributed by atoms with Crippen LogP contribution in [-0.2, 0) is 0 Å². The molecule has 0 aliphatic heterocycles. The lowest BCUT2D eigenvalue weighted by Gasteiger charge is -2.11. The first kappa shape index (κ1) is 14.7. The highest BCUT2D eigenvalue weighted by atomic mass is 16.7. The van der Waals surface area contributed by atoms with E-state index in [0.717, 1.165) is 6.42 Å². The van der Waals surface area contributed by atoms with Gasteiger partial charge in [-0.3, -0.25) is 9.63 Å². The molecule has 0 radical (unpaired) electrons. The van der Waals surface area contributed by atoms with Gasteiger partial charge in [-0.25, -0.2) is 0 Å². The third kappa shape index (κ3) is 4.86. The zero-order valence-electron chi connectivity index (χ0n) is 11.7. The van der Waals surface area contributed by atoms with Gasteiger partial charge in [-0.05, 0) is 31.7 Å². The monoisotopic (exact) mass is 250 g/mol. The van der Waals surface area contributed by atoms with E-state index in [0.29, 0.717) is 18.1 Å². The van der Waals surface area contributed by atoms with Crippen LogP contribution < -0.4 is 9.57 Å². The van der Waals surface area contributed by atoms with E-state index >= 15 is 0 Å². The Kier molecular flexibility index (Phi) is 6.40. The predicted octanol–water partition coefficient (Wildman–Crippen LogP) is 2.82. The van der Waals surface area contributed by atoms with Crippen molar-refractivity contribution in [3.63, 3.8) is 0 Å². The number of hydrogen-bond donors (Lipinski definition) is 0. The number of carbonyl (C=O) groups is 1. The SMILES string of the molecule is CCCCC(CC)CO[n+]1cccc(C(C)=O)c1. The second-order valence-corrected chi connectivity index (χ2v) is 4.72. The van der Waals surface area contributed by atoms with Crippen LogP contribution in [0.1, 0.15) is 56.8 Å². The van der Waals surface area contributed by atoms with Crippen LogP contribution in [0.2, 0.25) is 0 Å². The van der Waals surface area contributed by atoms with Crippen molar-refractivity contribution in [2.75, 3.05) is 6.61 Å². The summed E-state index contributed by atoms with van der Waals surface area (Å²) in [5.74, 6) is 0.657. The van der Waals surface area contributed by atoms with Crippen LogP contribution in [0, 0.1) is 5.92 Å². The van der Waals surface area contributed by atoms with E-state index in [-0.39, 0.29) is 5.78 Å². The van der Waals surface area contributed by atoms with E-state index in [1.54, 1.807) is 23.9 Å². The first-order valence-electron chi connectivity index (χ1n) is 6.82. The molecule has 0 aromatic carbocycles. The van der Waals surface area contributed by atoms with E-state index in [4.69, 9.17) is 4.84 Å². The van der Waals surface area contributed by atoms with Crippen molar-refractivity contribution in [3.8, 4) is 0 Å². The fraction of sp³-hybridized carbons (Fsp3) is 0.600. The van der Waals surface area contributed by atoms with Crippen molar-refractivity contribution in [2.24, 2.45) is 5.92 Å². The molecule has 1 aromatic rings. The van der Waals surface area contributed by atoms with Crippen molar-refractivity contribution in [1.29, 1.82) is 0 Å². The number of Topliss-reactive ketones (excluding diaryl/α,β-unsaturated/α-hetero) is 1. The van der Waals surface area contributed by atoms with Gasteiger partial charge in [0.1, 0.15) is 0 Å². The summed E-state index contributed by atoms with van der Waals surface area (Å²) in [6, 6.07) is 3.64. The maximum absolute atomic E-state index is 11.3. The number of carbonyl (C=O) groups excluding carboxylic acids is 1. The Morgan fingerprint density at radius 2 is 2.22 bits per heavy atom. The number of hydrogen-bond acceptors (Lipinski definition) is 2. The Morgan fingerprint density at radius 1 is 1.44 bits per heavy atom. The topological polar surface area (TPSA) is 30.2 Å². The molecule has 1 heterocycles. The Hall–Kier alpha value is -1.38. The zero-order chi connectivity index (χ0) is 13.4. The lowest BCUT2D eigenvalue weighted by atomic mass is 10.0. The summed E-state index contributed by atoms with van der Waals surface area (Å²) in [4.78, 5) is 17.0. The predicted molar refractivity (Wildman–Crippen MR) is 71.4 cm³/mol. The van der Waals surface area contributed by atoms with Crippen molar-refractivity contribution >= 4 is 5.78 Å². The molecular weight excluding hydrogens is 226 g/mol. The maximum Gasteiger partial charge on any atom is 0.233 e. The summed E-state index contributed by atoms with van der Waals surface area (Å²) < 4.78 is 1.64. The van der Waals surface area contributed by atoms with E-state index < -0.39 is 0 Å². The van der Waals surface area contributed by atoms with Crippen LogP contribution >= 0.6 is 0 Å². The Bertz CT molecular complexity index is 377. The summed E-state index contributed by atoms with van der Waals surface area (Å²) in [6.07, 6.45) is 8.39. The molecule has 100 valence electrons. The van der Waals surface area contributed by atoms with Gasteiger partial charge in [0.25, 0.3) is 0 Å². The van der Waals surface area contributed by atoms with Gasteiger partial charge in [0.2, 0.25) is 12.4 Å². The summed E-state index contributed by atoms with van der Waals surface area (Å²) in [5.41, 5.74) is 0.680. The molecule has 0 aliphatic carbocycles. The number of ketones is 1. The van der Waals surface area contributed by atoms with Gasteiger partial charge < -0.3 is 0 Å². The molecule has 0 aliphatic rings. The average Bonchev–Trinajstić information content (AvgIpc) is 2.39. The molecule has 1 aromatic heterocycles. The van der Waals surface area contributed by atoms with Crippen molar-refractivity contribution in [1.82, 2.24) is 0 Å². The van der Waals surface area contributed by atoms with Crippen LogP contribution in [0.5, 0.6) is 0 Å². The molecule has 1 unspecified atom stereocenters. The quantitative estimate of drug-likeness (QED) is 0.524. The fourth-order valence-electron chi connectivity index (χ4n) is 1.83. The van der Waals surface area contributed by atoms with Crippen molar-refractivity contribution in [3.05, 3.63) is 30.1 Å². The highest BCUT2D eigenvalue weighted by Crippen LogP contribution is 2.11. The average molecular weight is 250 g/mol. The third-order valence-corrected chi connectivity index (χ3v) is 3.18. The maximum atomic E-state index is 11.3. The van der Waals surface area contributed by atoms with E-state index in [2.05, 4.69) is 13.8 Å². The summed E-state index contributed by atoms with van der Waals surface area (Å²) >= 11 is 0. The van der Waals surface area contributed by atoms with Gasteiger partial charge in [0.15, 0.2) is 12.4 Å². The van der Waals surface area contributed by atoms with E-state index in [1.807, 2.05) is 12.3 Å². The molecule has 0 bridgehead atoms. The summed E-state index contributed by atoms with van der Waals surface area (Å²) in [6.45, 7) is 6.68. The van der Waals surface area contributed by atoms with Gasteiger partial charge in [0, 0.05) is 10.8 Å². The molecule has 0 N–H and O–H groups in total. The minimum absolute atomic E-state index is 0.0611. The van der Waals surface area contributed by atoms with Crippen molar-refractivity contribution < 1.29 is 14.4 Å². The van der Waals surface area contributed by atoms with Crippen LogP contribution in [0.4, 0.5) is 0 Å². The highest BCUT2D eigenvalue weighted by molar-refractivity contribution is 5.93. The molecular formula is C15H24NO2+. The number of unbranched alkanes of at least 4 members (excludes halogenated alkanes) is 1. The summed E-state index contributed by atoms with van der Waals surface area (Å²) in [5, 5.41) is 0. The zero-order valence-corrected chi connectivity index (χ0v) is 11.7. The third-order valence-electron chi connectivity index (χ3n) is 3.18. The van der Waals surface area contributed by atoms with Gasteiger partial charge in [-0.15, -0.1) is 0 Å². The first-order valence-corrected chi connectivity index (χ1v) is 6.82. The first-order chi connectivity index (χ1) is 8.67. The lowest BCUT2D eigenvalue weighted by molar-refractivity contribution is -0.892. The van der Waals surface area contributed by atoms with Crippen molar-refractivity contribution in [2.45, 2.75) is 46.5 Å². The standard InChI is InChI=1S/C15H24NO2/c1-4-6-8-14(5-2)12-18-16-10-7-9-15(11-16)13(3)17/h7,9-11,14H,4-6,8,12H2,1-3H3/q+1. The highest BCUT2D eigenvalue weighted by Gasteiger charge is 2.12. The Balaban J connectivity index is 2.51. The molecule has 18 heavy (non-hydrogen) atoms. The Morgan fingerprint density at radius 3 is 2.83 bits per heavy atom. The second kappa shape index (κ2) is 7.85. The lowest BCUT2D eigenvalue weighted by Crippen LogP contribution is -2.44. The van der Waals surface area contributed by atoms with Crippen LogP contribution in [0.25, 0.3) is 0 Å². The molecule has 3 nitrogen and oxygen atoms in total. The van der Waals surface area contributed by atoms with Crippen LogP contribution in [0.15, 0.2) is 24.5 Å². The number of pyridine rings is 1. The van der Waals surface area contributed by atoms with E-state index in [1.165, 1.54) is 19.3 Å². The smallest absolute Gasteiger partial charge is 0.233 e. The minimum atomic E-state index is 0.0611. The molecule has 1 rings (SSSR count). The number of aromatic nitrogens is 1. The number of rotatable bonds is 8. The molecule has 0 fully saturated rings. The van der Waals surface area contributed by atoms with Gasteiger partial charge in [0.05, 0.1) is 5.56 Å². The van der Waals surface area contributed by atoms with Gasteiger partial charge in [-0.1, -0.05) is 26.7 Å². The minimum Gasteiger partial charge on any atom is -0.294 e. The summed E-state index contributed by atoms with van der Waals surface area (Å²) in [7, 11) is 0. The second-order valence-electron chi connectivity index (χ2n) is 4.72. The van der Waals surface area contributed by atoms with Crippen LogP contribution in [0.3, 0.4) is 0 Å². The number of nitrogens with zero attached hydrogens (tertiary/aromatic N) is 1.